The van der Waals surface area contributed by atoms with Crippen molar-refractivity contribution in [3.63, 3.8) is 0 Å². The van der Waals surface area contributed by atoms with Gasteiger partial charge in [-0.1, -0.05) is 24.3 Å². The number of anilines is 3. The van der Waals surface area contributed by atoms with Crippen molar-refractivity contribution in [2.75, 3.05) is 30.2 Å². The maximum absolute atomic E-state index is 12.6. The molecule has 6 N–H and O–H groups in total. The van der Waals surface area contributed by atoms with Gasteiger partial charge in [-0.15, -0.1) is 0 Å². The lowest BCUT2D eigenvalue weighted by Gasteiger charge is -2.21. The van der Waals surface area contributed by atoms with Crippen LogP contribution >= 0.6 is 0 Å². The van der Waals surface area contributed by atoms with Crippen molar-refractivity contribution in [1.82, 2.24) is 5.32 Å². The van der Waals surface area contributed by atoms with Crippen LogP contribution in [0.2, 0.25) is 0 Å². The maximum Gasteiger partial charge on any atom is 0.323 e. The van der Waals surface area contributed by atoms with E-state index < -0.39 is 48.8 Å². The number of aliphatic carboxylic acids is 1. The van der Waals surface area contributed by atoms with Gasteiger partial charge in [0.15, 0.2) is 11.5 Å². The van der Waals surface area contributed by atoms with Gasteiger partial charge in [-0.05, 0) is 60.5 Å². The Balaban J connectivity index is 1.55. The van der Waals surface area contributed by atoms with Gasteiger partial charge in [-0.3, -0.25) is 14.4 Å². The molecule has 0 aliphatic carbocycles. The Morgan fingerprint density at radius 3 is 2.05 bits per heavy atom. The largest absolute Gasteiger partial charge is 0.493 e. The van der Waals surface area contributed by atoms with E-state index in [0.29, 0.717) is 34.1 Å². The molecule has 0 aromatic heterocycles. The SMILES string of the molecule is COc1ccc(C(CC(=O)O)NC(=O)C(O)CC(=O)Nc2ccc(NC(=O)Nc3ccccc3C)cc2)cc1OC. The van der Waals surface area contributed by atoms with Gasteiger partial charge in [0.05, 0.1) is 33.1 Å². The Labute approximate surface area is 236 Å². The van der Waals surface area contributed by atoms with Gasteiger partial charge in [-0.25, -0.2) is 4.79 Å². The van der Waals surface area contributed by atoms with Crippen molar-refractivity contribution >= 4 is 40.9 Å². The van der Waals surface area contributed by atoms with Crippen molar-refractivity contribution < 1.29 is 38.9 Å². The number of aliphatic hydroxyl groups excluding tert-OH is 1. The van der Waals surface area contributed by atoms with E-state index in [2.05, 4.69) is 21.3 Å². The highest BCUT2D eigenvalue weighted by molar-refractivity contribution is 6.00. The number of aryl methyl sites for hydroxylation is 1. The zero-order chi connectivity index (χ0) is 29.9. The molecule has 41 heavy (non-hydrogen) atoms. The van der Waals surface area contributed by atoms with Crippen LogP contribution < -0.4 is 30.7 Å². The van der Waals surface area contributed by atoms with E-state index in [-0.39, 0.29) is 0 Å². The third-order valence-corrected chi connectivity index (χ3v) is 6.01. The molecule has 12 nitrogen and oxygen atoms in total. The number of hydrogen-bond donors (Lipinski definition) is 6. The van der Waals surface area contributed by atoms with E-state index in [1.54, 1.807) is 42.5 Å². The second kappa shape index (κ2) is 14.3. The highest BCUT2D eigenvalue weighted by Gasteiger charge is 2.25. The Morgan fingerprint density at radius 1 is 0.805 bits per heavy atom. The monoisotopic (exact) mass is 564 g/mol. The summed E-state index contributed by atoms with van der Waals surface area (Å²) in [6, 6.07) is 16.8. The van der Waals surface area contributed by atoms with Crippen LogP contribution in [0.4, 0.5) is 21.9 Å². The molecule has 216 valence electrons. The second-order valence-electron chi connectivity index (χ2n) is 9.01. The van der Waals surface area contributed by atoms with Crippen LogP contribution in [-0.4, -0.2) is 54.4 Å². The lowest BCUT2D eigenvalue weighted by molar-refractivity contribution is -0.138. The minimum Gasteiger partial charge on any atom is -0.493 e. The van der Waals surface area contributed by atoms with E-state index in [9.17, 15) is 29.4 Å². The van der Waals surface area contributed by atoms with Crippen LogP contribution in [0.3, 0.4) is 0 Å². The molecule has 0 fully saturated rings. The van der Waals surface area contributed by atoms with E-state index >= 15 is 0 Å². The van der Waals surface area contributed by atoms with Crippen LogP contribution in [0.5, 0.6) is 11.5 Å². The number of ether oxygens (including phenoxy) is 2. The van der Waals surface area contributed by atoms with Gasteiger partial charge in [0.25, 0.3) is 0 Å². The highest BCUT2D eigenvalue weighted by Crippen LogP contribution is 2.31. The van der Waals surface area contributed by atoms with Crippen molar-refractivity contribution in [2.24, 2.45) is 0 Å². The fourth-order valence-corrected chi connectivity index (χ4v) is 3.88. The van der Waals surface area contributed by atoms with Gasteiger partial charge in [0, 0.05) is 17.1 Å². The Bertz CT molecular complexity index is 1390. The van der Waals surface area contributed by atoms with E-state index in [1.165, 1.54) is 20.3 Å². The van der Waals surface area contributed by atoms with Crippen molar-refractivity contribution in [1.29, 1.82) is 0 Å². The summed E-state index contributed by atoms with van der Waals surface area (Å²) in [4.78, 5) is 48.8. The zero-order valence-corrected chi connectivity index (χ0v) is 22.8. The number of urea groups is 1. The smallest absolute Gasteiger partial charge is 0.323 e. The quantitative estimate of drug-likeness (QED) is 0.193. The number of benzene rings is 3. The number of amides is 4. The average Bonchev–Trinajstić information content (AvgIpc) is 2.94. The van der Waals surface area contributed by atoms with E-state index in [4.69, 9.17) is 9.47 Å². The van der Waals surface area contributed by atoms with E-state index in [1.807, 2.05) is 25.1 Å². The van der Waals surface area contributed by atoms with Crippen LogP contribution in [0, 0.1) is 6.92 Å². The number of para-hydroxylation sites is 1. The molecule has 4 amide bonds. The molecule has 0 saturated heterocycles. The topological polar surface area (TPSA) is 175 Å². The summed E-state index contributed by atoms with van der Waals surface area (Å²) in [5.74, 6) is -1.99. The molecular formula is C29H32N4O8. The molecular weight excluding hydrogens is 532 g/mol. The first kappa shape index (κ1) is 30.4. The number of carbonyl (C=O) groups excluding carboxylic acids is 3. The molecule has 0 heterocycles. The number of carboxylic acids is 1. The predicted molar refractivity (Wildman–Crippen MR) is 152 cm³/mol. The number of hydrogen-bond acceptors (Lipinski definition) is 7. The van der Waals surface area contributed by atoms with Gasteiger partial charge >= 0.3 is 12.0 Å². The Hall–Kier alpha value is -5.10. The van der Waals surface area contributed by atoms with Gasteiger partial charge in [-0.2, -0.15) is 0 Å². The van der Waals surface area contributed by atoms with Crippen LogP contribution in [-0.2, 0) is 14.4 Å². The molecule has 2 atom stereocenters. The predicted octanol–water partition coefficient (Wildman–Crippen LogP) is 3.68. The number of nitrogens with one attached hydrogen (secondary N) is 4. The average molecular weight is 565 g/mol. The van der Waals surface area contributed by atoms with Crippen LogP contribution in [0.25, 0.3) is 0 Å². The molecule has 0 radical (unpaired) electrons. The molecule has 0 spiro atoms. The number of methoxy groups -OCH3 is 2. The molecule has 12 heteroatoms. The lowest BCUT2D eigenvalue weighted by atomic mass is 10.0. The summed E-state index contributed by atoms with van der Waals surface area (Å²) in [5.41, 5.74) is 2.86. The van der Waals surface area contributed by atoms with Crippen molar-refractivity contribution in [3.8, 4) is 11.5 Å². The second-order valence-corrected chi connectivity index (χ2v) is 9.01. The third-order valence-electron chi connectivity index (χ3n) is 6.01. The minimum absolute atomic E-state index is 0.336. The molecule has 0 saturated carbocycles. The van der Waals surface area contributed by atoms with Crippen LogP contribution in [0.1, 0.15) is 30.0 Å². The lowest BCUT2D eigenvalue weighted by Crippen LogP contribution is -2.39. The normalized spacial score (nSPS) is 11.9. The minimum atomic E-state index is -1.74. The summed E-state index contributed by atoms with van der Waals surface area (Å²) < 4.78 is 10.4. The molecule has 3 aromatic rings. The number of aliphatic hydroxyl groups is 1. The fourth-order valence-electron chi connectivity index (χ4n) is 3.88. The molecule has 2 unspecified atom stereocenters. The van der Waals surface area contributed by atoms with Gasteiger partial charge in [0.2, 0.25) is 11.8 Å². The maximum atomic E-state index is 12.6. The molecule has 3 aromatic carbocycles. The number of carboxylic acid groups (broad SMARTS) is 1. The van der Waals surface area contributed by atoms with Gasteiger partial charge in [0.1, 0.15) is 6.10 Å². The molecule has 0 aliphatic rings. The van der Waals surface area contributed by atoms with Crippen LogP contribution in [0.15, 0.2) is 66.7 Å². The summed E-state index contributed by atoms with van der Waals surface area (Å²) in [5, 5.41) is 30.2. The first-order chi connectivity index (χ1) is 19.6. The summed E-state index contributed by atoms with van der Waals surface area (Å²) in [6.07, 6.45) is -2.78. The summed E-state index contributed by atoms with van der Waals surface area (Å²) >= 11 is 0. The number of rotatable bonds is 12. The Kier molecular flexibility index (Phi) is 10.6. The first-order valence-electron chi connectivity index (χ1n) is 12.5. The first-order valence-corrected chi connectivity index (χ1v) is 12.5. The molecule has 0 bridgehead atoms. The fraction of sp³-hybridized carbons (Fsp3) is 0.241. The standard InChI is InChI=1S/C29H32N4O8/c1-17-6-4-5-7-21(17)33-29(39)31-20-11-9-19(10-12-20)30-26(35)16-23(34)28(38)32-22(15-27(36)37)18-8-13-24(40-2)25(14-18)41-3/h4-14,22-23,34H,15-16H2,1-3H3,(H,30,35)(H,32,38)(H,36,37)(H2,31,33,39). The highest BCUT2D eigenvalue weighted by atomic mass is 16.5. The molecule has 0 aliphatic heterocycles. The van der Waals surface area contributed by atoms with Crippen molar-refractivity contribution in [3.05, 3.63) is 77.9 Å². The zero-order valence-electron chi connectivity index (χ0n) is 22.8. The summed E-state index contributed by atoms with van der Waals surface area (Å²) in [6.45, 7) is 1.88. The van der Waals surface area contributed by atoms with Gasteiger partial charge < -0.3 is 41.0 Å². The Morgan fingerprint density at radius 2 is 1.44 bits per heavy atom. The van der Waals surface area contributed by atoms with Crippen molar-refractivity contribution in [2.45, 2.75) is 31.9 Å². The number of carbonyl (C=O) groups is 4. The third kappa shape index (κ3) is 8.97. The summed E-state index contributed by atoms with van der Waals surface area (Å²) in [7, 11) is 2.87. The van der Waals surface area contributed by atoms with E-state index in [0.717, 1.165) is 5.56 Å². The molecule has 3 rings (SSSR count).